The molecule has 4 rings (SSSR count). The molecule has 1 aromatic heterocycles. The zero-order valence-corrected chi connectivity index (χ0v) is 11.6. The second-order valence-electron chi connectivity index (χ2n) is 5.19. The van der Waals surface area contributed by atoms with Crippen molar-refractivity contribution in [2.45, 2.75) is 26.1 Å². The van der Waals surface area contributed by atoms with Crippen molar-refractivity contribution in [3.8, 4) is 11.3 Å². The van der Waals surface area contributed by atoms with E-state index in [0.717, 1.165) is 32.0 Å². The molecule has 19 heavy (non-hydrogen) atoms. The van der Waals surface area contributed by atoms with Crippen molar-refractivity contribution in [1.82, 2.24) is 4.98 Å². The van der Waals surface area contributed by atoms with Gasteiger partial charge in [-0.15, -0.1) is 11.3 Å². The van der Waals surface area contributed by atoms with Crippen molar-refractivity contribution >= 4 is 16.5 Å². The van der Waals surface area contributed by atoms with Crippen LogP contribution in [-0.2, 0) is 18.0 Å². The molecule has 0 saturated carbocycles. The van der Waals surface area contributed by atoms with Gasteiger partial charge in [-0.2, -0.15) is 0 Å². The van der Waals surface area contributed by atoms with E-state index in [9.17, 15) is 0 Å². The minimum absolute atomic E-state index is 0.742. The lowest BCUT2D eigenvalue weighted by atomic mass is 10.1. The van der Waals surface area contributed by atoms with Crippen LogP contribution in [0.2, 0.25) is 0 Å². The molecule has 0 radical (unpaired) electrons. The highest BCUT2D eigenvalue weighted by atomic mass is 32.1. The van der Waals surface area contributed by atoms with Gasteiger partial charge >= 0.3 is 0 Å². The van der Waals surface area contributed by atoms with Crippen LogP contribution in [-0.4, -0.2) is 18.1 Å². The molecule has 0 aliphatic carbocycles. The third-order valence-corrected chi connectivity index (χ3v) is 4.79. The topological polar surface area (TPSA) is 25.4 Å². The lowest BCUT2D eigenvalue weighted by molar-refractivity contribution is 0.134. The highest BCUT2D eigenvalue weighted by molar-refractivity contribution is 7.14. The van der Waals surface area contributed by atoms with Gasteiger partial charge in [-0.05, 0) is 30.0 Å². The van der Waals surface area contributed by atoms with Crippen molar-refractivity contribution in [3.05, 3.63) is 34.7 Å². The molecule has 98 valence electrons. The number of nitrogens with zero attached hydrogens (tertiary/aromatic N) is 2. The first kappa shape index (κ1) is 11.4. The number of fused-ring (bicyclic) bond motifs is 1. The molecule has 0 N–H and O–H groups in total. The average Bonchev–Trinajstić information content (AvgIpc) is 3.18. The van der Waals surface area contributed by atoms with E-state index in [0.29, 0.717) is 0 Å². The van der Waals surface area contributed by atoms with Crippen LogP contribution in [0.15, 0.2) is 23.6 Å². The molecule has 0 unspecified atom stereocenters. The Bertz CT molecular complexity index is 602. The van der Waals surface area contributed by atoms with Crippen LogP contribution in [0.1, 0.15) is 24.0 Å². The van der Waals surface area contributed by atoms with Crippen molar-refractivity contribution in [2.24, 2.45) is 0 Å². The highest BCUT2D eigenvalue weighted by Crippen LogP contribution is 2.31. The maximum atomic E-state index is 5.47. The summed E-state index contributed by atoms with van der Waals surface area (Å²) in [5.74, 6) is 0. The van der Waals surface area contributed by atoms with Crippen LogP contribution < -0.4 is 4.90 Å². The molecule has 0 amide bonds. The lowest BCUT2D eigenvalue weighted by Crippen LogP contribution is -2.17. The van der Waals surface area contributed by atoms with Crippen molar-refractivity contribution in [2.75, 3.05) is 18.0 Å². The van der Waals surface area contributed by atoms with Crippen LogP contribution in [0.4, 0.5) is 5.13 Å². The normalized spacial score (nSPS) is 18.0. The van der Waals surface area contributed by atoms with Crippen molar-refractivity contribution in [3.63, 3.8) is 0 Å². The lowest BCUT2D eigenvalue weighted by Gasteiger charge is -2.12. The highest BCUT2D eigenvalue weighted by Gasteiger charge is 2.17. The Morgan fingerprint density at radius 3 is 2.84 bits per heavy atom. The molecule has 0 spiro atoms. The third-order valence-electron chi connectivity index (χ3n) is 3.89. The standard InChI is InChI=1S/C15H16N2OS/c1-2-6-17(5-1)15-16-14(10-19-15)11-3-4-12-8-18-9-13(12)7-11/h3-4,7,10H,1-2,5-6,8-9H2. The summed E-state index contributed by atoms with van der Waals surface area (Å²) in [5, 5.41) is 3.34. The Kier molecular flexibility index (Phi) is 2.78. The molecular weight excluding hydrogens is 256 g/mol. The van der Waals surface area contributed by atoms with Gasteiger partial charge < -0.3 is 9.64 Å². The van der Waals surface area contributed by atoms with E-state index in [1.54, 1.807) is 11.3 Å². The van der Waals surface area contributed by atoms with Gasteiger partial charge in [0.1, 0.15) is 0 Å². The summed E-state index contributed by atoms with van der Waals surface area (Å²) in [6, 6.07) is 6.56. The average molecular weight is 272 g/mol. The molecule has 0 atom stereocenters. The smallest absolute Gasteiger partial charge is 0.185 e. The van der Waals surface area contributed by atoms with E-state index in [-0.39, 0.29) is 0 Å². The number of aromatic nitrogens is 1. The minimum Gasteiger partial charge on any atom is -0.372 e. The fourth-order valence-electron chi connectivity index (χ4n) is 2.78. The van der Waals surface area contributed by atoms with Crippen molar-refractivity contribution < 1.29 is 4.74 Å². The summed E-state index contributed by atoms with van der Waals surface area (Å²) in [6.07, 6.45) is 2.59. The number of hydrogen-bond donors (Lipinski definition) is 0. The van der Waals surface area contributed by atoms with Gasteiger partial charge in [-0.1, -0.05) is 12.1 Å². The molecule has 2 aliphatic heterocycles. The van der Waals surface area contributed by atoms with Gasteiger partial charge in [0.25, 0.3) is 0 Å². The molecule has 3 nitrogen and oxygen atoms in total. The summed E-state index contributed by atoms with van der Waals surface area (Å²) in [7, 11) is 0. The zero-order valence-electron chi connectivity index (χ0n) is 10.8. The number of ether oxygens (including phenoxy) is 1. The van der Waals surface area contributed by atoms with Gasteiger partial charge in [0.2, 0.25) is 0 Å². The van der Waals surface area contributed by atoms with Crippen LogP contribution >= 0.6 is 11.3 Å². The van der Waals surface area contributed by atoms with E-state index < -0.39 is 0 Å². The first-order valence-corrected chi connectivity index (χ1v) is 7.68. The van der Waals surface area contributed by atoms with Crippen molar-refractivity contribution in [1.29, 1.82) is 0 Å². The molecule has 4 heteroatoms. The largest absolute Gasteiger partial charge is 0.372 e. The Morgan fingerprint density at radius 1 is 1.11 bits per heavy atom. The first-order valence-electron chi connectivity index (χ1n) is 6.80. The van der Waals surface area contributed by atoms with E-state index in [4.69, 9.17) is 9.72 Å². The Morgan fingerprint density at radius 2 is 1.95 bits per heavy atom. The number of thiazole rings is 1. The van der Waals surface area contributed by atoms with Gasteiger partial charge in [0, 0.05) is 24.0 Å². The van der Waals surface area contributed by atoms with E-state index in [1.807, 2.05) is 0 Å². The second kappa shape index (κ2) is 4.62. The predicted octanol–water partition coefficient (Wildman–Crippen LogP) is 3.44. The Hall–Kier alpha value is -1.39. The van der Waals surface area contributed by atoms with E-state index in [2.05, 4.69) is 28.5 Å². The first-order chi connectivity index (χ1) is 9.40. The molecule has 1 fully saturated rings. The van der Waals surface area contributed by atoms with E-state index in [1.165, 1.54) is 34.7 Å². The summed E-state index contributed by atoms with van der Waals surface area (Å²) < 4.78 is 5.47. The quantitative estimate of drug-likeness (QED) is 0.837. The molecular formula is C15H16N2OS. The maximum absolute atomic E-state index is 5.47. The SMILES string of the molecule is c1cc2c(cc1-c1csc(N3CCCC3)n1)COC2. The predicted molar refractivity (Wildman–Crippen MR) is 77.5 cm³/mol. The second-order valence-corrected chi connectivity index (χ2v) is 6.02. The number of anilines is 1. The zero-order chi connectivity index (χ0) is 12.7. The van der Waals surface area contributed by atoms with Crippen LogP contribution in [0, 0.1) is 0 Å². The summed E-state index contributed by atoms with van der Waals surface area (Å²) >= 11 is 1.76. The Labute approximate surface area is 116 Å². The fraction of sp³-hybridized carbons (Fsp3) is 0.400. The monoisotopic (exact) mass is 272 g/mol. The van der Waals surface area contributed by atoms with E-state index >= 15 is 0 Å². The van der Waals surface area contributed by atoms with Crippen LogP contribution in [0.5, 0.6) is 0 Å². The third kappa shape index (κ3) is 2.05. The molecule has 3 heterocycles. The minimum atomic E-state index is 0.742. The fourth-order valence-corrected chi connectivity index (χ4v) is 3.67. The Balaban J connectivity index is 1.65. The maximum Gasteiger partial charge on any atom is 0.185 e. The summed E-state index contributed by atoms with van der Waals surface area (Å²) in [5.41, 5.74) is 4.94. The van der Waals surface area contributed by atoms with Gasteiger partial charge in [-0.3, -0.25) is 0 Å². The summed E-state index contributed by atoms with van der Waals surface area (Å²) in [4.78, 5) is 7.19. The summed E-state index contributed by atoms with van der Waals surface area (Å²) in [6.45, 7) is 3.81. The van der Waals surface area contributed by atoms with Gasteiger partial charge in [0.15, 0.2) is 5.13 Å². The van der Waals surface area contributed by atoms with Crippen LogP contribution in [0.3, 0.4) is 0 Å². The number of rotatable bonds is 2. The molecule has 2 aliphatic rings. The number of hydrogen-bond acceptors (Lipinski definition) is 4. The molecule has 1 saturated heterocycles. The molecule has 0 bridgehead atoms. The van der Waals surface area contributed by atoms with Gasteiger partial charge in [-0.25, -0.2) is 4.98 Å². The van der Waals surface area contributed by atoms with Crippen LogP contribution in [0.25, 0.3) is 11.3 Å². The number of benzene rings is 1. The molecule has 1 aromatic carbocycles. The van der Waals surface area contributed by atoms with Gasteiger partial charge in [0.05, 0.1) is 18.9 Å². The molecule has 2 aromatic rings.